The van der Waals surface area contributed by atoms with Crippen molar-refractivity contribution in [2.75, 3.05) is 0 Å². The number of fused-ring (bicyclic) bond motifs is 1. The number of furan rings is 1. The molecule has 1 nitrogen and oxygen atoms in total. The third-order valence-electron chi connectivity index (χ3n) is 5.63. The molecule has 0 atom stereocenters. The van der Waals surface area contributed by atoms with Crippen LogP contribution in [0.2, 0.25) is 0 Å². The summed E-state index contributed by atoms with van der Waals surface area (Å²) in [4.78, 5) is 0. The van der Waals surface area contributed by atoms with Crippen LogP contribution < -0.4 is 0 Å². The molecule has 0 N–H and O–H groups in total. The van der Waals surface area contributed by atoms with E-state index in [4.69, 9.17) is 4.42 Å². The summed E-state index contributed by atoms with van der Waals surface area (Å²) in [6.45, 7) is 6.39. The van der Waals surface area contributed by atoms with E-state index in [1.165, 1.54) is 33.4 Å². The highest BCUT2D eigenvalue weighted by Crippen LogP contribution is 2.42. The fourth-order valence-corrected chi connectivity index (χ4v) is 4.18. The van der Waals surface area contributed by atoms with Gasteiger partial charge in [0.05, 0.1) is 0 Å². The summed E-state index contributed by atoms with van der Waals surface area (Å²) in [6.07, 6.45) is 0. The Kier molecular flexibility index (Phi) is 4.52. The summed E-state index contributed by atoms with van der Waals surface area (Å²) < 4.78 is 6.45. The van der Waals surface area contributed by atoms with Crippen LogP contribution in [0.3, 0.4) is 0 Å². The van der Waals surface area contributed by atoms with Gasteiger partial charge in [-0.05, 0) is 55.7 Å². The van der Waals surface area contributed by atoms with E-state index in [0.717, 1.165) is 27.9 Å². The van der Waals surface area contributed by atoms with Crippen molar-refractivity contribution >= 4 is 11.0 Å². The molecule has 0 aliphatic carbocycles. The standard InChI is InChI=1S/C29H24O/c1-19-7-4-10-22(15-19)23-13-14-27-26(18-23)28(24-11-5-8-20(2)16-24)29(30-27)25-12-6-9-21(3)17-25/h4-18H,1-3H3. The molecule has 0 spiro atoms. The van der Waals surface area contributed by atoms with Gasteiger partial charge in [0.1, 0.15) is 11.3 Å². The van der Waals surface area contributed by atoms with E-state index in [1.807, 2.05) is 0 Å². The SMILES string of the molecule is Cc1cccc(-c2ccc3oc(-c4cccc(C)c4)c(-c4cccc(C)c4)c3c2)c1. The molecule has 5 rings (SSSR count). The Labute approximate surface area is 177 Å². The summed E-state index contributed by atoms with van der Waals surface area (Å²) >= 11 is 0. The van der Waals surface area contributed by atoms with Gasteiger partial charge in [0.2, 0.25) is 0 Å². The average molecular weight is 389 g/mol. The minimum absolute atomic E-state index is 0.916. The molecule has 0 radical (unpaired) electrons. The molecule has 0 aliphatic rings. The fourth-order valence-electron chi connectivity index (χ4n) is 4.18. The van der Waals surface area contributed by atoms with Crippen LogP contribution in [0.4, 0.5) is 0 Å². The van der Waals surface area contributed by atoms with Crippen LogP contribution in [0.15, 0.2) is 95.4 Å². The van der Waals surface area contributed by atoms with Crippen LogP contribution in [0, 0.1) is 20.8 Å². The predicted molar refractivity (Wildman–Crippen MR) is 127 cm³/mol. The van der Waals surface area contributed by atoms with Gasteiger partial charge in [0.25, 0.3) is 0 Å². The van der Waals surface area contributed by atoms with Gasteiger partial charge in [-0.25, -0.2) is 0 Å². The van der Waals surface area contributed by atoms with Gasteiger partial charge in [-0.15, -0.1) is 0 Å². The summed E-state index contributed by atoms with van der Waals surface area (Å²) in [5.41, 5.74) is 10.5. The molecule has 0 fully saturated rings. The third-order valence-corrected chi connectivity index (χ3v) is 5.63. The van der Waals surface area contributed by atoms with Gasteiger partial charge in [0, 0.05) is 16.5 Å². The number of benzene rings is 4. The van der Waals surface area contributed by atoms with Crippen LogP contribution in [0.1, 0.15) is 16.7 Å². The molecule has 146 valence electrons. The molecular formula is C29H24O. The van der Waals surface area contributed by atoms with E-state index in [9.17, 15) is 0 Å². The highest BCUT2D eigenvalue weighted by Gasteiger charge is 2.18. The largest absolute Gasteiger partial charge is 0.455 e. The van der Waals surface area contributed by atoms with Crippen molar-refractivity contribution in [2.45, 2.75) is 20.8 Å². The van der Waals surface area contributed by atoms with Gasteiger partial charge < -0.3 is 4.42 Å². The molecule has 0 aliphatic heterocycles. The first-order valence-electron chi connectivity index (χ1n) is 10.4. The summed E-state index contributed by atoms with van der Waals surface area (Å²) in [5, 5.41) is 1.15. The lowest BCUT2D eigenvalue weighted by molar-refractivity contribution is 0.632. The molecule has 0 saturated carbocycles. The molecule has 4 aromatic carbocycles. The lowest BCUT2D eigenvalue weighted by atomic mass is 9.95. The van der Waals surface area contributed by atoms with Crippen LogP contribution in [-0.4, -0.2) is 0 Å². The van der Waals surface area contributed by atoms with Crippen molar-refractivity contribution in [1.29, 1.82) is 0 Å². The van der Waals surface area contributed by atoms with E-state index in [-0.39, 0.29) is 0 Å². The first-order valence-corrected chi connectivity index (χ1v) is 10.4. The number of hydrogen-bond acceptors (Lipinski definition) is 1. The second-order valence-electron chi connectivity index (χ2n) is 8.13. The maximum atomic E-state index is 6.45. The Morgan fingerprint density at radius 1 is 0.500 bits per heavy atom. The second kappa shape index (κ2) is 7.35. The smallest absolute Gasteiger partial charge is 0.143 e. The maximum Gasteiger partial charge on any atom is 0.143 e. The zero-order chi connectivity index (χ0) is 20.7. The fraction of sp³-hybridized carbons (Fsp3) is 0.103. The first kappa shape index (κ1) is 18.4. The molecule has 0 amide bonds. The molecule has 0 bridgehead atoms. The molecule has 30 heavy (non-hydrogen) atoms. The van der Waals surface area contributed by atoms with E-state index in [0.29, 0.717) is 0 Å². The van der Waals surface area contributed by atoms with E-state index < -0.39 is 0 Å². The number of rotatable bonds is 3. The minimum Gasteiger partial charge on any atom is -0.455 e. The monoisotopic (exact) mass is 388 g/mol. The normalized spacial score (nSPS) is 11.2. The predicted octanol–water partition coefficient (Wildman–Crippen LogP) is 8.36. The Morgan fingerprint density at radius 2 is 1.03 bits per heavy atom. The second-order valence-corrected chi connectivity index (χ2v) is 8.13. The number of hydrogen-bond donors (Lipinski definition) is 0. The third kappa shape index (κ3) is 3.33. The Hall–Kier alpha value is -3.58. The Bertz CT molecular complexity index is 1370. The summed E-state index contributed by atoms with van der Waals surface area (Å²) in [5.74, 6) is 0.931. The van der Waals surface area contributed by atoms with Gasteiger partial charge in [-0.2, -0.15) is 0 Å². The van der Waals surface area contributed by atoms with Gasteiger partial charge in [-0.3, -0.25) is 0 Å². The molecular weight excluding hydrogens is 364 g/mol. The lowest BCUT2D eigenvalue weighted by Crippen LogP contribution is -1.84. The van der Waals surface area contributed by atoms with Gasteiger partial charge in [0.15, 0.2) is 0 Å². The van der Waals surface area contributed by atoms with Crippen molar-refractivity contribution in [1.82, 2.24) is 0 Å². The van der Waals surface area contributed by atoms with Crippen molar-refractivity contribution in [3.8, 4) is 33.6 Å². The van der Waals surface area contributed by atoms with Gasteiger partial charge in [-0.1, -0.05) is 89.5 Å². The van der Waals surface area contributed by atoms with E-state index >= 15 is 0 Å². The molecule has 1 heterocycles. The molecule has 5 aromatic rings. The zero-order valence-electron chi connectivity index (χ0n) is 17.6. The quantitative estimate of drug-likeness (QED) is 0.302. The average Bonchev–Trinajstić information content (AvgIpc) is 3.12. The summed E-state index contributed by atoms with van der Waals surface area (Å²) in [6, 6.07) is 32.4. The lowest BCUT2D eigenvalue weighted by Gasteiger charge is -2.07. The van der Waals surface area contributed by atoms with Crippen molar-refractivity contribution < 1.29 is 4.42 Å². The van der Waals surface area contributed by atoms with E-state index in [2.05, 4.69) is 112 Å². The summed E-state index contributed by atoms with van der Waals surface area (Å²) in [7, 11) is 0. The van der Waals surface area contributed by atoms with Crippen molar-refractivity contribution in [3.05, 3.63) is 108 Å². The first-order chi connectivity index (χ1) is 14.6. The Morgan fingerprint density at radius 3 is 1.70 bits per heavy atom. The minimum atomic E-state index is 0.916. The Balaban J connectivity index is 1.80. The van der Waals surface area contributed by atoms with Crippen molar-refractivity contribution in [3.63, 3.8) is 0 Å². The molecule has 1 heteroatoms. The van der Waals surface area contributed by atoms with E-state index in [1.54, 1.807) is 0 Å². The number of aryl methyl sites for hydroxylation is 3. The van der Waals surface area contributed by atoms with Crippen LogP contribution in [0.25, 0.3) is 44.5 Å². The highest BCUT2D eigenvalue weighted by molar-refractivity contribution is 6.03. The molecule has 1 aromatic heterocycles. The van der Waals surface area contributed by atoms with Crippen LogP contribution >= 0.6 is 0 Å². The topological polar surface area (TPSA) is 13.1 Å². The molecule has 0 saturated heterocycles. The highest BCUT2D eigenvalue weighted by atomic mass is 16.3. The maximum absolute atomic E-state index is 6.45. The van der Waals surface area contributed by atoms with Crippen LogP contribution in [-0.2, 0) is 0 Å². The van der Waals surface area contributed by atoms with Crippen molar-refractivity contribution in [2.24, 2.45) is 0 Å². The van der Waals surface area contributed by atoms with Gasteiger partial charge >= 0.3 is 0 Å². The molecule has 0 unspecified atom stereocenters. The zero-order valence-corrected chi connectivity index (χ0v) is 17.6. The van der Waals surface area contributed by atoms with Crippen LogP contribution in [0.5, 0.6) is 0 Å².